The summed E-state index contributed by atoms with van der Waals surface area (Å²) >= 11 is 0. The fourth-order valence-electron chi connectivity index (χ4n) is 2.89. The number of rotatable bonds is 11. The molecule has 2 aromatic carbocycles. The number of methoxy groups -OCH3 is 2. The van der Waals surface area contributed by atoms with Gasteiger partial charge in [0, 0.05) is 17.8 Å². The van der Waals surface area contributed by atoms with Crippen molar-refractivity contribution in [1.29, 1.82) is 0 Å². The molecule has 34 heavy (non-hydrogen) atoms. The van der Waals surface area contributed by atoms with Gasteiger partial charge in [0.25, 0.3) is 0 Å². The minimum atomic E-state index is -1.82. The third-order valence-electron chi connectivity index (χ3n) is 4.52. The zero-order valence-electron chi connectivity index (χ0n) is 20.1. The minimum Gasteiger partial charge on any atom is -0.495 e. The second-order valence-corrected chi connectivity index (χ2v) is 9.48. The quantitative estimate of drug-likeness (QED) is 0.318. The topological polar surface area (TPSA) is 131 Å². The van der Waals surface area contributed by atoms with Gasteiger partial charge in [-0.2, -0.15) is 0 Å². The van der Waals surface area contributed by atoms with Crippen molar-refractivity contribution in [1.82, 2.24) is 5.32 Å². The number of aliphatic carboxylic acids is 2. The monoisotopic (exact) mass is 495 g/mol. The highest BCUT2D eigenvalue weighted by Gasteiger charge is 2.15. The zero-order valence-corrected chi connectivity index (χ0v) is 20.9. The van der Waals surface area contributed by atoms with Crippen LogP contribution in [0.15, 0.2) is 47.4 Å². The highest BCUT2D eigenvalue weighted by Crippen LogP contribution is 2.26. The van der Waals surface area contributed by atoms with Crippen LogP contribution in [0.1, 0.15) is 26.3 Å². The number of hydrogen-bond donors (Lipinski definition) is 3. The number of carboxylic acids is 2. The predicted octanol–water partition coefficient (Wildman–Crippen LogP) is 2.98. The smallest absolute Gasteiger partial charge is 0.414 e. The summed E-state index contributed by atoms with van der Waals surface area (Å²) in [6, 6.07) is 13.8. The fourth-order valence-corrected chi connectivity index (χ4v) is 4.01. The van der Waals surface area contributed by atoms with Gasteiger partial charge in [-0.05, 0) is 43.2 Å². The van der Waals surface area contributed by atoms with Crippen LogP contribution < -0.4 is 19.5 Å². The van der Waals surface area contributed by atoms with Crippen LogP contribution in [0, 0.1) is 0 Å². The summed E-state index contributed by atoms with van der Waals surface area (Å²) < 4.78 is 29.0. The van der Waals surface area contributed by atoms with Crippen LogP contribution in [-0.4, -0.2) is 65.0 Å². The summed E-state index contributed by atoms with van der Waals surface area (Å²) in [5.41, 5.74) is 1.13. The first-order chi connectivity index (χ1) is 16.1. The molecule has 0 aliphatic rings. The standard InChI is InChI=1S/C22H31NO4S.C2H2O4/c1-16(2)28(24)22-15-18(10-11-21(22)26-5)14-17(3)23-12-13-27-20-9-7-6-8-19(20)25-4;3-1(4)2(5)6/h6-11,15-17,23H,12-14H2,1-5H3;(H,3,4)(H,5,6). The molecule has 2 aromatic rings. The van der Waals surface area contributed by atoms with Gasteiger partial charge in [0.15, 0.2) is 11.5 Å². The van der Waals surface area contributed by atoms with E-state index in [9.17, 15) is 4.21 Å². The second-order valence-electron chi connectivity index (χ2n) is 7.50. The van der Waals surface area contributed by atoms with E-state index in [2.05, 4.69) is 12.2 Å². The Hall–Kier alpha value is -3.11. The number of ether oxygens (including phenoxy) is 3. The number of nitrogens with one attached hydrogen (secondary N) is 1. The maximum absolute atomic E-state index is 12.5. The molecule has 0 amide bonds. The summed E-state index contributed by atoms with van der Waals surface area (Å²) in [6.45, 7) is 7.31. The van der Waals surface area contributed by atoms with Crippen LogP contribution in [0.4, 0.5) is 0 Å². The molecule has 3 N–H and O–H groups in total. The summed E-state index contributed by atoms with van der Waals surface area (Å²) in [7, 11) is 2.17. The van der Waals surface area contributed by atoms with Gasteiger partial charge < -0.3 is 29.7 Å². The average Bonchev–Trinajstić information content (AvgIpc) is 2.81. The Morgan fingerprint density at radius 3 is 2.06 bits per heavy atom. The number of hydrogen-bond acceptors (Lipinski definition) is 7. The van der Waals surface area contributed by atoms with Crippen molar-refractivity contribution in [3.05, 3.63) is 48.0 Å². The summed E-state index contributed by atoms with van der Waals surface area (Å²) in [5.74, 6) is -1.48. The fraction of sp³-hybridized carbons (Fsp3) is 0.417. The predicted molar refractivity (Wildman–Crippen MR) is 129 cm³/mol. The minimum absolute atomic E-state index is 0.0480. The van der Waals surface area contributed by atoms with Crippen molar-refractivity contribution in [3.63, 3.8) is 0 Å². The Bertz CT molecular complexity index is 952. The van der Waals surface area contributed by atoms with Crippen LogP contribution in [0.3, 0.4) is 0 Å². The van der Waals surface area contributed by atoms with Gasteiger partial charge in [0.1, 0.15) is 12.4 Å². The second kappa shape index (κ2) is 14.9. The highest BCUT2D eigenvalue weighted by atomic mass is 32.2. The van der Waals surface area contributed by atoms with Crippen molar-refractivity contribution in [2.45, 2.75) is 43.4 Å². The van der Waals surface area contributed by atoms with Crippen LogP contribution in [0.5, 0.6) is 17.2 Å². The largest absolute Gasteiger partial charge is 0.495 e. The van der Waals surface area contributed by atoms with Gasteiger partial charge in [0.2, 0.25) is 0 Å². The van der Waals surface area contributed by atoms with Gasteiger partial charge in [-0.25, -0.2) is 9.59 Å². The van der Waals surface area contributed by atoms with Gasteiger partial charge in [0.05, 0.1) is 29.9 Å². The number of carboxylic acid groups (broad SMARTS) is 2. The third-order valence-corrected chi connectivity index (χ3v) is 6.13. The lowest BCUT2D eigenvalue weighted by Crippen LogP contribution is -2.31. The van der Waals surface area contributed by atoms with Crippen molar-refractivity contribution in [2.75, 3.05) is 27.4 Å². The Kier molecular flexibility index (Phi) is 12.7. The normalized spacial score (nSPS) is 12.2. The van der Waals surface area contributed by atoms with Crippen molar-refractivity contribution in [3.8, 4) is 17.2 Å². The molecule has 188 valence electrons. The first-order valence-corrected chi connectivity index (χ1v) is 11.8. The van der Waals surface area contributed by atoms with E-state index in [1.54, 1.807) is 14.2 Å². The first kappa shape index (κ1) is 28.9. The molecule has 0 aliphatic carbocycles. The van der Waals surface area contributed by atoms with Gasteiger partial charge in [-0.1, -0.05) is 32.0 Å². The maximum Gasteiger partial charge on any atom is 0.414 e. The first-order valence-electron chi connectivity index (χ1n) is 10.6. The Labute approximate surface area is 202 Å². The molecule has 0 bridgehead atoms. The van der Waals surface area contributed by atoms with E-state index >= 15 is 0 Å². The van der Waals surface area contributed by atoms with Gasteiger partial charge in [-0.3, -0.25) is 4.21 Å². The molecule has 9 nitrogen and oxygen atoms in total. The summed E-state index contributed by atoms with van der Waals surface area (Å²) in [6.07, 6.45) is 0.834. The molecule has 0 spiro atoms. The molecule has 0 aliphatic heterocycles. The molecular weight excluding hydrogens is 462 g/mol. The van der Waals surface area contributed by atoms with E-state index in [0.717, 1.165) is 34.9 Å². The number of para-hydroxylation sites is 2. The lowest BCUT2D eigenvalue weighted by Gasteiger charge is -2.17. The molecule has 10 heteroatoms. The van der Waals surface area contributed by atoms with E-state index in [1.807, 2.05) is 56.3 Å². The lowest BCUT2D eigenvalue weighted by molar-refractivity contribution is -0.159. The average molecular weight is 496 g/mol. The van der Waals surface area contributed by atoms with Crippen molar-refractivity contribution in [2.24, 2.45) is 0 Å². The van der Waals surface area contributed by atoms with Crippen molar-refractivity contribution >= 4 is 22.7 Å². The van der Waals surface area contributed by atoms with Gasteiger partial charge >= 0.3 is 11.9 Å². The van der Waals surface area contributed by atoms with E-state index < -0.39 is 22.7 Å². The molecule has 2 unspecified atom stereocenters. The molecule has 0 heterocycles. The Balaban J connectivity index is 0.000000852. The third kappa shape index (κ3) is 9.80. The number of benzene rings is 2. The summed E-state index contributed by atoms with van der Waals surface area (Å²) in [5, 5.41) is 18.3. The van der Waals surface area contributed by atoms with E-state index in [0.29, 0.717) is 12.4 Å². The molecule has 0 aromatic heterocycles. The molecular formula is C24H33NO8S. The molecule has 0 radical (unpaired) electrons. The molecule has 0 saturated carbocycles. The zero-order chi connectivity index (χ0) is 25.7. The molecule has 0 fully saturated rings. The van der Waals surface area contributed by atoms with Crippen LogP contribution in [0.25, 0.3) is 0 Å². The Morgan fingerprint density at radius 1 is 0.941 bits per heavy atom. The SMILES string of the molecule is COc1ccccc1OCCNC(C)Cc1ccc(OC)c(S(=O)C(C)C)c1.O=C(O)C(=O)O. The Morgan fingerprint density at radius 2 is 1.53 bits per heavy atom. The maximum atomic E-state index is 12.5. The van der Waals surface area contributed by atoms with Crippen LogP contribution >= 0.6 is 0 Å². The molecule has 0 saturated heterocycles. The molecule has 2 rings (SSSR count). The van der Waals surface area contributed by atoms with Crippen LogP contribution in [-0.2, 0) is 26.8 Å². The van der Waals surface area contributed by atoms with E-state index in [4.69, 9.17) is 34.0 Å². The van der Waals surface area contributed by atoms with Crippen LogP contribution in [0.2, 0.25) is 0 Å². The highest BCUT2D eigenvalue weighted by molar-refractivity contribution is 7.85. The van der Waals surface area contributed by atoms with E-state index in [1.165, 1.54) is 0 Å². The van der Waals surface area contributed by atoms with Gasteiger partial charge in [-0.15, -0.1) is 0 Å². The molecule has 2 atom stereocenters. The summed E-state index contributed by atoms with van der Waals surface area (Å²) in [4.78, 5) is 19.0. The number of carbonyl (C=O) groups is 2. The lowest BCUT2D eigenvalue weighted by atomic mass is 10.1. The van der Waals surface area contributed by atoms with Crippen molar-refractivity contribution < 1.29 is 38.2 Å². The van der Waals surface area contributed by atoms with E-state index in [-0.39, 0.29) is 11.3 Å².